The summed E-state index contributed by atoms with van der Waals surface area (Å²) in [5.74, 6) is 0.151. The van der Waals surface area contributed by atoms with E-state index >= 15 is 0 Å². The number of allylic oxidation sites excluding steroid dienone is 2. The monoisotopic (exact) mass is 138 g/mol. The van der Waals surface area contributed by atoms with Crippen molar-refractivity contribution >= 4 is 12.1 Å². The lowest BCUT2D eigenvalue weighted by atomic mass is 9.94. The molecule has 2 nitrogen and oxygen atoms in total. The van der Waals surface area contributed by atoms with Crippen LogP contribution in [0.5, 0.6) is 0 Å². The Bertz CT molecular complexity index is 180. The first kappa shape index (κ1) is 7.19. The smallest absolute Gasteiger partial charge is 0.158 e. The van der Waals surface area contributed by atoms with Gasteiger partial charge in [-0.3, -0.25) is 9.59 Å². The van der Waals surface area contributed by atoms with Crippen LogP contribution < -0.4 is 0 Å². The molecule has 0 aromatic rings. The van der Waals surface area contributed by atoms with Gasteiger partial charge in [-0.25, -0.2) is 0 Å². The summed E-state index contributed by atoms with van der Waals surface area (Å²) in [4.78, 5) is 20.9. The molecular formula is C8H10O2. The largest absolute Gasteiger partial charge is 0.299 e. The van der Waals surface area contributed by atoms with Crippen molar-refractivity contribution in [1.29, 1.82) is 0 Å². The van der Waals surface area contributed by atoms with Gasteiger partial charge in [-0.15, -0.1) is 0 Å². The molecular weight excluding hydrogens is 128 g/mol. The molecule has 0 radical (unpaired) electrons. The molecule has 1 saturated carbocycles. The second kappa shape index (κ2) is 3.30. The van der Waals surface area contributed by atoms with Gasteiger partial charge in [-0.05, 0) is 30.9 Å². The van der Waals surface area contributed by atoms with Gasteiger partial charge in [0.15, 0.2) is 5.78 Å². The topological polar surface area (TPSA) is 34.1 Å². The minimum Gasteiger partial charge on any atom is -0.299 e. The molecule has 0 spiro atoms. The first-order chi connectivity index (χ1) is 4.84. The highest BCUT2D eigenvalue weighted by atomic mass is 16.1. The fourth-order valence-corrected chi connectivity index (χ4v) is 1.16. The normalized spacial score (nSPS) is 23.2. The molecule has 0 aliphatic heterocycles. The molecule has 0 atom stereocenters. The Labute approximate surface area is 59.9 Å². The van der Waals surface area contributed by atoms with Crippen molar-refractivity contribution in [1.82, 2.24) is 0 Å². The number of hydrogen-bond acceptors (Lipinski definition) is 2. The fourth-order valence-electron chi connectivity index (χ4n) is 1.16. The predicted molar refractivity (Wildman–Crippen MR) is 37.6 cm³/mol. The quantitative estimate of drug-likeness (QED) is 0.403. The lowest BCUT2D eigenvalue weighted by Gasteiger charge is -2.10. The molecule has 1 aliphatic rings. The fraction of sp³-hybridized carbons (Fsp3) is 0.500. The standard InChI is InChI=1S/C8H10O2/c9-6-5-7-3-1-2-4-8(7)10/h5-6H,1-4H2/b7-5-. The molecule has 0 aromatic heterocycles. The summed E-state index contributed by atoms with van der Waals surface area (Å²) < 4.78 is 0. The van der Waals surface area contributed by atoms with Gasteiger partial charge in [0, 0.05) is 6.42 Å². The van der Waals surface area contributed by atoms with E-state index < -0.39 is 0 Å². The summed E-state index contributed by atoms with van der Waals surface area (Å²) in [7, 11) is 0. The summed E-state index contributed by atoms with van der Waals surface area (Å²) in [6, 6.07) is 0. The second-order valence-corrected chi connectivity index (χ2v) is 2.46. The van der Waals surface area contributed by atoms with Crippen molar-refractivity contribution < 1.29 is 9.59 Å². The van der Waals surface area contributed by atoms with E-state index in [9.17, 15) is 9.59 Å². The second-order valence-electron chi connectivity index (χ2n) is 2.46. The van der Waals surface area contributed by atoms with Crippen LogP contribution in [-0.2, 0) is 9.59 Å². The molecule has 1 fully saturated rings. The van der Waals surface area contributed by atoms with E-state index in [0.29, 0.717) is 18.3 Å². The first-order valence-electron chi connectivity index (χ1n) is 3.52. The maximum absolute atomic E-state index is 11.0. The number of carbonyl (C=O) groups excluding carboxylic acids is 2. The van der Waals surface area contributed by atoms with Crippen LogP contribution in [0.1, 0.15) is 25.7 Å². The van der Waals surface area contributed by atoms with Gasteiger partial charge in [-0.2, -0.15) is 0 Å². The van der Waals surface area contributed by atoms with E-state index in [-0.39, 0.29) is 5.78 Å². The van der Waals surface area contributed by atoms with Crippen molar-refractivity contribution in [3.8, 4) is 0 Å². The molecule has 10 heavy (non-hydrogen) atoms. The van der Waals surface area contributed by atoms with Gasteiger partial charge < -0.3 is 0 Å². The van der Waals surface area contributed by atoms with Crippen LogP contribution in [0.4, 0.5) is 0 Å². The van der Waals surface area contributed by atoms with E-state index in [1.54, 1.807) is 0 Å². The van der Waals surface area contributed by atoms with Crippen molar-refractivity contribution in [2.24, 2.45) is 0 Å². The minimum absolute atomic E-state index is 0.151. The predicted octanol–water partition coefficient (Wildman–Crippen LogP) is 1.25. The average Bonchev–Trinajstić information content (AvgIpc) is 1.94. The number of Topliss-reactive ketones (excluding diaryl/α,β-unsaturated/α-hetero) is 1. The Morgan fingerprint density at radius 1 is 1.20 bits per heavy atom. The number of aldehydes is 1. The molecule has 0 saturated heterocycles. The Kier molecular flexibility index (Phi) is 2.37. The molecule has 0 amide bonds. The van der Waals surface area contributed by atoms with Gasteiger partial charge >= 0.3 is 0 Å². The molecule has 0 heterocycles. The van der Waals surface area contributed by atoms with E-state index in [0.717, 1.165) is 19.3 Å². The Hall–Kier alpha value is -0.920. The van der Waals surface area contributed by atoms with Gasteiger partial charge in [0.2, 0.25) is 0 Å². The van der Waals surface area contributed by atoms with Crippen LogP contribution >= 0.6 is 0 Å². The zero-order chi connectivity index (χ0) is 7.40. The molecule has 0 bridgehead atoms. The van der Waals surface area contributed by atoms with Crippen LogP contribution in [-0.4, -0.2) is 12.1 Å². The highest BCUT2D eigenvalue weighted by molar-refractivity contribution is 5.98. The lowest BCUT2D eigenvalue weighted by Crippen LogP contribution is -2.08. The van der Waals surface area contributed by atoms with Gasteiger partial charge in [0.05, 0.1) is 0 Å². The zero-order valence-electron chi connectivity index (χ0n) is 5.80. The summed E-state index contributed by atoms with van der Waals surface area (Å²) in [6.45, 7) is 0. The highest BCUT2D eigenvalue weighted by Gasteiger charge is 2.13. The summed E-state index contributed by atoms with van der Waals surface area (Å²) >= 11 is 0. The molecule has 0 N–H and O–H groups in total. The number of hydrogen-bond donors (Lipinski definition) is 0. The van der Waals surface area contributed by atoms with Gasteiger partial charge in [0.1, 0.15) is 6.29 Å². The highest BCUT2D eigenvalue weighted by Crippen LogP contribution is 2.18. The van der Waals surface area contributed by atoms with Crippen molar-refractivity contribution in [2.75, 3.05) is 0 Å². The molecule has 0 unspecified atom stereocenters. The minimum atomic E-state index is 0.151. The van der Waals surface area contributed by atoms with Crippen LogP contribution in [0, 0.1) is 0 Å². The zero-order valence-corrected chi connectivity index (χ0v) is 5.80. The number of ketones is 1. The number of carbonyl (C=O) groups is 2. The number of rotatable bonds is 1. The van der Waals surface area contributed by atoms with Gasteiger partial charge in [-0.1, -0.05) is 0 Å². The van der Waals surface area contributed by atoms with Crippen molar-refractivity contribution in [3.63, 3.8) is 0 Å². The van der Waals surface area contributed by atoms with Crippen LogP contribution in [0.25, 0.3) is 0 Å². The Morgan fingerprint density at radius 3 is 2.50 bits per heavy atom. The maximum atomic E-state index is 11.0. The van der Waals surface area contributed by atoms with Crippen LogP contribution in [0.15, 0.2) is 11.6 Å². The van der Waals surface area contributed by atoms with Crippen LogP contribution in [0.2, 0.25) is 0 Å². The van der Waals surface area contributed by atoms with Crippen molar-refractivity contribution in [3.05, 3.63) is 11.6 Å². The average molecular weight is 138 g/mol. The SMILES string of the molecule is O=C/C=C1/CCCCC1=O. The third-order valence-corrected chi connectivity index (χ3v) is 1.73. The first-order valence-corrected chi connectivity index (χ1v) is 3.52. The summed E-state index contributed by atoms with van der Waals surface area (Å²) in [5, 5.41) is 0. The summed E-state index contributed by atoms with van der Waals surface area (Å²) in [5.41, 5.74) is 0.709. The third kappa shape index (κ3) is 1.53. The van der Waals surface area contributed by atoms with E-state index in [1.807, 2.05) is 0 Å². The van der Waals surface area contributed by atoms with E-state index in [4.69, 9.17) is 0 Å². The van der Waals surface area contributed by atoms with Crippen molar-refractivity contribution in [2.45, 2.75) is 25.7 Å². The third-order valence-electron chi connectivity index (χ3n) is 1.73. The van der Waals surface area contributed by atoms with E-state index in [1.165, 1.54) is 6.08 Å². The molecule has 1 rings (SSSR count). The Balaban J connectivity index is 2.64. The molecule has 2 heteroatoms. The van der Waals surface area contributed by atoms with E-state index in [2.05, 4.69) is 0 Å². The Morgan fingerprint density at radius 2 is 1.90 bits per heavy atom. The molecule has 0 aromatic carbocycles. The maximum Gasteiger partial charge on any atom is 0.158 e. The van der Waals surface area contributed by atoms with Crippen LogP contribution in [0.3, 0.4) is 0 Å². The summed E-state index contributed by atoms with van der Waals surface area (Å²) in [6.07, 6.45) is 5.53. The molecule has 1 aliphatic carbocycles. The molecule has 54 valence electrons. The van der Waals surface area contributed by atoms with Gasteiger partial charge in [0.25, 0.3) is 0 Å². The lowest BCUT2D eigenvalue weighted by molar-refractivity contribution is -0.116.